The Morgan fingerprint density at radius 3 is 2.53 bits per heavy atom. The maximum atomic E-state index is 14.3. The van der Waals surface area contributed by atoms with Crippen molar-refractivity contribution in [2.75, 3.05) is 37.5 Å². The lowest BCUT2D eigenvalue weighted by molar-refractivity contribution is -0.149. The highest BCUT2D eigenvalue weighted by Crippen LogP contribution is 2.60. The van der Waals surface area contributed by atoms with Crippen LogP contribution in [0.4, 0.5) is 11.4 Å². The van der Waals surface area contributed by atoms with Gasteiger partial charge in [0.15, 0.2) is 5.60 Å². The van der Waals surface area contributed by atoms with Gasteiger partial charge >= 0.3 is 0 Å². The zero-order chi connectivity index (χ0) is 31.3. The van der Waals surface area contributed by atoms with E-state index in [1.807, 2.05) is 19.1 Å². The largest absolute Gasteiger partial charge is 0.497 e. The molecule has 0 bridgehead atoms. The van der Waals surface area contributed by atoms with E-state index in [4.69, 9.17) is 9.47 Å². The molecule has 3 aliphatic heterocycles. The SMILES string of the molecule is COc1ccc([Si](C)(C)[C@H]2[C@H](CC(=O)N3CCC[C@H]3CO)O[C@@]3(C(=O)N(C)c4ccc(NC(=O)[C@H](C)O)cc43)[C@@H]2C)cc1. The number of carbonyl (C=O) groups excluding carboxylic acids is 3. The molecule has 2 saturated heterocycles. The first-order valence-corrected chi connectivity index (χ1v) is 18.1. The molecule has 0 radical (unpaired) electrons. The predicted octanol–water partition coefficient (Wildman–Crippen LogP) is 2.58. The molecular weight excluding hydrogens is 566 g/mol. The Bertz CT molecular complexity index is 1400. The average molecular weight is 610 g/mol. The second-order valence-corrected chi connectivity index (χ2v) is 17.4. The number of hydrogen-bond acceptors (Lipinski definition) is 7. The number of nitrogens with zero attached hydrogens (tertiary/aromatic N) is 2. The number of benzene rings is 2. The molecule has 5 rings (SSSR count). The van der Waals surface area contributed by atoms with E-state index in [2.05, 4.69) is 30.5 Å². The van der Waals surface area contributed by atoms with Gasteiger partial charge in [-0.1, -0.05) is 37.3 Å². The van der Waals surface area contributed by atoms with E-state index in [0.717, 1.165) is 23.8 Å². The fourth-order valence-electron chi connectivity index (χ4n) is 7.59. The van der Waals surface area contributed by atoms with Gasteiger partial charge < -0.3 is 34.8 Å². The number of carbonyl (C=O) groups is 3. The zero-order valence-corrected chi connectivity index (χ0v) is 26.8. The Balaban J connectivity index is 1.59. The maximum Gasteiger partial charge on any atom is 0.264 e. The van der Waals surface area contributed by atoms with Gasteiger partial charge in [0.25, 0.3) is 11.8 Å². The van der Waals surface area contributed by atoms with Crippen molar-refractivity contribution in [3.05, 3.63) is 48.0 Å². The van der Waals surface area contributed by atoms with E-state index in [1.165, 1.54) is 6.92 Å². The normalized spacial score (nSPS) is 27.5. The summed E-state index contributed by atoms with van der Waals surface area (Å²) in [4.78, 5) is 43.7. The highest BCUT2D eigenvalue weighted by Gasteiger charge is 2.66. The molecule has 0 unspecified atom stereocenters. The molecule has 43 heavy (non-hydrogen) atoms. The van der Waals surface area contributed by atoms with Gasteiger partial charge in [-0.25, -0.2) is 0 Å². The minimum absolute atomic E-state index is 0.0766. The summed E-state index contributed by atoms with van der Waals surface area (Å²) in [6.45, 7) is 8.46. The van der Waals surface area contributed by atoms with Gasteiger partial charge in [0.2, 0.25) is 5.91 Å². The summed E-state index contributed by atoms with van der Waals surface area (Å²) in [5.74, 6) is -0.384. The number of aliphatic hydroxyl groups excluding tert-OH is 2. The fourth-order valence-corrected chi connectivity index (χ4v) is 11.6. The van der Waals surface area contributed by atoms with Gasteiger partial charge in [-0.3, -0.25) is 14.4 Å². The number of aliphatic hydroxyl groups is 2. The van der Waals surface area contributed by atoms with Gasteiger partial charge in [0.1, 0.15) is 11.9 Å². The zero-order valence-electron chi connectivity index (χ0n) is 25.8. The van der Waals surface area contributed by atoms with Crippen LogP contribution in [0.1, 0.15) is 38.7 Å². The van der Waals surface area contributed by atoms with Crippen LogP contribution < -0.4 is 20.1 Å². The molecule has 0 aromatic heterocycles. The first kappa shape index (κ1) is 31.2. The lowest BCUT2D eigenvalue weighted by Gasteiger charge is -2.37. The van der Waals surface area contributed by atoms with Gasteiger partial charge in [0, 0.05) is 30.8 Å². The van der Waals surface area contributed by atoms with Crippen molar-refractivity contribution in [2.24, 2.45) is 5.92 Å². The number of rotatable bonds is 8. The lowest BCUT2D eigenvalue weighted by Crippen LogP contribution is -2.52. The predicted molar refractivity (Wildman–Crippen MR) is 166 cm³/mol. The first-order valence-electron chi connectivity index (χ1n) is 15.0. The molecule has 10 nitrogen and oxygen atoms in total. The van der Waals surface area contributed by atoms with E-state index in [0.29, 0.717) is 23.5 Å². The minimum atomic E-state index is -2.44. The molecule has 2 aromatic rings. The van der Waals surface area contributed by atoms with Gasteiger partial charge in [-0.2, -0.15) is 0 Å². The van der Waals surface area contributed by atoms with Crippen LogP contribution in [0.25, 0.3) is 0 Å². The van der Waals surface area contributed by atoms with Crippen LogP contribution in [0.3, 0.4) is 0 Å². The number of methoxy groups -OCH3 is 1. The van der Waals surface area contributed by atoms with E-state index in [1.54, 1.807) is 42.2 Å². The summed E-state index contributed by atoms with van der Waals surface area (Å²) >= 11 is 0. The average Bonchev–Trinajstić information content (AvgIpc) is 3.64. The molecule has 2 fully saturated rings. The summed E-state index contributed by atoms with van der Waals surface area (Å²) < 4.78 is 12.3. The Morgan fingerprint density at radius 2 is 1.91 bits per heavy atom. The standard InChI is InChI=1S/C32H43N3O7Si/c1-19-29(43(5,6)24-12-10-23(41-4)11-13-24)27(17-28(38)35-15-7-8-22(35)18-36)42-32(19)25-16-21(33-30(39)20(2)37)9-14-26(25)34(3)31(32)40/h9-14,16,19-20,22,27,29,36-37H,7-8,15,17-18H2,1-6H3,(H,33,39)/t19-,20+,22+,27+,29-,32+/m1/s1. The number of amides is 3. The van der Waals surface area contributed by atoms with E-state index < -0.39 is 31.8 Å². The summed E-state index contributed by atoms with van der Waals surface area (Å²) in [5, 5.41) is 23.6. The van der Waals surface area contributed by atoms with Gasteiger partial charge in [-0.15, -0.1) is 0 Å². The van der Waals surface area contributed by atoms with Crippen LogP contribution >= 0.6 is 0 Å². The molecular formula is C32H43N3O7Si. The quantitative estimate of drug-likeness (QED) is 0.393. The van der Waals surface area contributed by atoms with Crippen molar-refractivity contribution >= 4 is 42.4 Å². The van der Waals surface area contributed by atoms with Crippen LogP contribution in [0, 0.1) is 5.92 Å². The van der Waals surface area contributed by atoms with E-state index in [9.17, 15) is 24.6 Å². The third-order valence-electron chi connectivity index (χ3n) is 9.90. The lowest BCUT2D eigenvalue weighted by atomic mass is 9.82. The molecule has 1 spiro atoms. The molecule has 0 aliphatic carbocycles. The number of nitrogens with one attached hydrogen (secondary N) is 1. The third-order valence-corrected chi connectivity index (χ3v) is 14.3. The molecule has 3 amide bonds. The fraction of sp³-hybridized carbons (Fsp3) is 0.531. The van der Waals surface area contributed by atoms with Crippen LogP contribution in [0.15, 0.2) is 42.5 Å². The number of ether oxygens (including phenoxy) is 2. The topological polar surface area (TPSA) is 129 Å². The number of hydrogen-bond donors (Lipinski definition) is 3. The van der Waals surface area contributed by atoms with Gasteiger partial charge in [-0.05, 0) is 55.6 Å². The Kier molecular flexibility index (Phi) is 8.47. The molecule has 2 aromatic carbocycles. The molecule has 11 heteroatoms. The second-order valence-electron chi connectivity index (χ2n) is 12.7. The van der Waals surface area contributed by atoms with E-state index >= 15 is 0 Å². The number of anilines is 2. The van der Waals surface area contributed by atoms with Gasteiger partial charge in [0.05, 0.1) is 46.0 Å². The highest BCUT2D eigenvalue weighted by molar-refractivity contribution is 6.91. The van der Waals surface area contributed by atoms with Crippen LogP contribution in [0.5, 0.6) is 5.75 Å². The summed E-state index contributed by atoms with van der Waals surface area (Å²) in [6.07, 6.45) is -0.0373. The third kappa shape index (κ3) is 5.15. The Hall–Kier alpha value is -3.25. The van der Waals surface area contributed by atoms with Crippen molar-refractivity contribution in [1.82, 2.24) is 4.90 Å². The van der Waals surface area contributed by atoms with Crippen molar-refractivity contribution in [3.8, 4) is 5.75 Å². The van der Waals surface area contributed by atoms with Crippen molar-refractivity contribution in [2.45, 2.75) is 75.6 Å². The second kappa shape index (κ2) is 11.7. The Labute approximate surface area is 254 Å². The van der Waals surface area contributed by atoms with Crippen molar-refractivity contribution in [3.63, 3.8) is 0 Å². The van der Waals surface area contributed by atoms with Crippen molar-refractivity contribution < 1.29 is 34.1 Å². The smallest absolute Gasteiger partial charge is 0.264 e. The molecule has 0 saturated carbocycles. The summed E-state index contributed by atoms with van der Waals surface area (Å²) in [5.41, 5.74) is 0.294. The van der Waals surface area contributed by atoms with Crippen LogP contribution in [0.2, 0.25) is 18.6 Å². The summed E-state index contributed by atoms with van der Waals surface area (Å²) in [7, 11) is 0.913. The van der Waals surface area contributed by atoms with Crippen LogP contribution in [-0.4, -0.2) is 86.5 Å². The molecule has 3 heterocycles. The first-order chi connectivity index (χ1) is 20.4. The minimum Gasteiger partial charge on any atom is -0.497 e. The Morgan fingerprint density at radius 1 is 1.21 bits per heavy atom. The molecule has 3 aliphatic rings. The highest BCUT2D eigenvalue weighted by atomic mass is 28.3. The number of likely N-dealkylation sites (N-methyl/N-ethyl adjacent to an activating group) is 1. The monoisotopic (exact) mass is 609 g/mol. The van der Waals surface area contributed by atoms with Crippen LogP contribution in [-0.2, 0) is 24.7 Å². The maximum absolute atomic E-state index is 14.3. The molecule has 3 N–H and O–H groups in total. The van der Waals surface area contributed by atoms with E-state index in [-0.39, 0.29) is 42.3 Å². The number of likely N-dealkylation sites (tertiary alicyclic amines) is 1. The van der Waals surface area contributed by atoms with Crippen molar-refractivity contribution in [1.29, 1.82) is 0 Å². The number of fused-ring (bicyclic) bond motifs is 2. The molecule has 232 valence electrons. The summed E-state index contributed by atoms with van der Waals surface area (Å²) in [6, 6.07) is 13.1. The molecule has 6 atom stereocenters.